The van der Waals surface area contributed by atoms with Gasteiger partial charge < -0.3 is 15.2 Å². The molecule has 0 bridgehead atoms. The first-order valence-electron chi connectivity index (χ1n) is 6.56. The lowest BCUT2D eigenvalue weighted by Crippen LogP contribution is -2.41. The monoisotopic (exact) mass is 250 g/mol. The van der Waals surface area contributed by atoms with Crippen LogP contribution in [0.15, 0.2) is 24.3 Å². The number of hydrogen-bond donors (Lipinski definition) is 1. The second kappa shape index (κ2) is 6.61. The molecule has 2 rings (SSSR count). The highest BCUT2D eigenvalue weighted by atomic mass is 16.5. The van der Waals surface area contributed by atoms with Gasteiger partial charge in [0.15, 0.2) is 0 Å². The van der Waals surface area contributed by atoms with Crippen molar-refractivity contribution in [2.24, 2.45) is 0 Å². The van der Waals surface area contributed by atoms with E-state index in [4.69, 9.17) is 15.2 Å². The van der Waals surface area contributed by atoms with Crippen molar-refractivity contribution < 1.29 is 9.47 Å². The quantitative estimate of drug-likeness (QED) is 0.639. The molecule has 100 valence electrons. The molecule has 1 aliphatic rings. The summed E-state index contributed by atoms with van der Waals surface area (Å²) in [5.41, 5.74) is 6.39. The summed E-state index contributed by atoms with van der Waals surface area (Å²) in [6.07, 6.45) is 1.40. The standard InChI is InChI=1S/C14H22N2O2/c1-12-11-16(8-10-17-12)7-2-9-18-14-5-3-13(15)4-6-14/h3-6,12H,2,7-11,15H2,1H3. The Bertz CT molecular complexity index is 353. The number of rotatable bonds is 5. The van der Waals surface area contributed by atoms with Gasteiger partial charge in [-0.2, -0.15) is 0 Å². The molecule has 0 amide bonds. The first-order chi connectivity index (χ1) is 8.74. The summed E-state index contributed by atoms with van der Waals surface area (Å²) in [6, 6.07) is 7.54. The SMILES string of the molecule is CC1CN(CCCOc2ccc(N)cc2)CCO1. The molecule has 1 saturated heterocycles. The molecule has 1 aromatic rings. The molecule has 0 saturated carbocycles. The number of hydrogen-bond acceptors (Lipinski definition) is 4. The van der Waals surface area contributed by atoms with Crippen LogP contribution in [0.3, 0.4) is 0 Å². The van der Waals surface area contributed by atoms with E-state index < -0.39 is 0 Å². The normalized spacial score (nSPS) is 20.8. The molecule has 18 heavy (non-hydrogen) atoms. The van der Waals surface area contributed by atoms with Crippen LogP contribution in [0.25, 0.3) is 0 Å². The van der Waals surface area contributed by atoms with Crippen LogP contribution in [0.4, 0.5) is 5.69 Å². The number of ether oxygens (including phenoxy) is 2. The molecule has 4 heteroatoms. The first-order valence-corrected chi connectivity index (χ1v) is 6.56. The number of nitrogen functional groups attached to an aromatic ring is 1. The summed E-state index contributed by atoms with van der Waals surface area (Å²) in [6.45, 7) is 6.85. The van der Waals surface area contributed by atoms with Crippen molar-refractivity contribution in [3.05, 3.63) is 24.3 Å². The van der Waals surface area contributed by atoms with Crippen molar-refractivity contribution >= 4 is 5.69 Å². The predicted molar refractivity (Wildman–Crippen MR) is 72.8 cm³/mol. The lowest BCUT2D eigenvalue weighted by atomic mass is 10.3. The number of anilines is 1. The third-order valence-electron chi connectivity index (χ3n) is 3.09. The third kappa shape index (κ3) is 4.20. The van der Waals surface area contributed by atoms with E-state index in [1.165, 1.54) is 0 Å². The Morgan fingerprint density at radius 2 is 2.17 bits per heavy atom. The zero-order valence-electron chi connectivity index (χ0n) is 11.0. The third-order valence-corrected chi connectivity index (χ3v) is 3.09. The van der Waals surface area contributed by atoms with Gasteiger partial charge in [-0.3, -0.25) is 4.90 Å². The van der Waals surface area contributed by atoms with Crippen molar-refractivity contribution in [2.75, 3.05) is 38.6 Å². The Labute approximate surface area is 109 Å². The van der Waals surface area contributed by atoms with Crippen LogP contribution < -0.4 is 10.5 Å². The molecule has 1 aliphatic heterocycles. The first kappa shape index (κ1) is 13.2. The topological polar surface area (TPSA) is 47.7 Å². The minimum atomic E-state index is 0.358. The minimum absolute atomic E-state index is 0.358. The van der Waals surface area contributed by atoms with Crippen molar-refractivity contribution in [1.29, 1.82) is 0 Å². The molecule has 1 atom stereocenters. The van der Waals surface area contributed by atoms with E-state index >= 15 is 0 Å². The highest BCUT2D eigenvalue weighted by Gasteiger charge is 2.15. The van der Waals surface area contributed by atoms with Gasteiger partial charge in [0.2, 0.25) is 0 Å². The van der Waals surface area contributed by atoms with Crippen LogP contribution in [0.5, 0.6) is 5.75 Å². The fraction of sp³-hybridized carbons (Fsp3) is 0.571. The summed E-state index contributed by atoms with van der Waals surface area (Å²) in [4.78, 5) is 2.43. The van der Waals surface area contributed by atoms with Gasteiger partial charge in [0.05, 0.1) is 19.3 Å². The lowest BCUT2D eigenvalue weighted by Gasteiger charge is -2.30. The Kier molecular flexibility index (Phi) is 4.84. The van der Waals surface area contributed by atoms with Crippen LogP contribution in [-0.2, 0) is 4.74 Å². The number of morpholine rings is 1. The minimum Gasteiger partial charge on any atom is -0.494 e. The molecule has 4 nitrogen and oxygen atoms in total. The average Bonchev–Trinajstić information content (AvgIpc) is 2.37. The summed E-state index contributed by atoms with van der Waals surface area (Å²) in [5, 5.41) is 0. The van der Waals surface area contributed by atoms with E-state index in [1.807, 2.05) is 24.3 Å². The van der Waals surface area contributed by atoms with Gasteiger partial charge in [0.1, 0.15) is 5.75 Å². The zero-order valence-corrected chi connectivity index (χ0v) is 11.0. The maximum Gasteiger partial charge on any atom is 0.119 e. The second-order valence-electron chi connectivity index (χ2n) is 4.75. The number of benzene rings is 1. The summed E-state index contributed by atoms with van der Waals surface area (Å²) < 4.78 is 11.2. The molecule has 0 radical (unpaired) electrons. The van der Waals surface area contributed by atoms with Crippen molar-refractivity contribution in [2.45, 2.75) is 19.4 Å². The smallest absolute Gasteiger partial charge is 0.119 e. The van der Waals surface area contributed by atoms with Crippen LogP contribution >= 0.6 is 0 Å². The highest BCUT2D eigenvalue weighted by Crippen LogP contribution is 2.13. The van der Waals surface area contributed by atoms with Crippen LogP contribution in [-0.4, -0.2) is 43.9 Å². The van der Waals surface area contributed by atoms with Crippen molar-refractivity contribution in [3.8, 4) is 5.75 Å². The van der Waals surface area contributed by atoms with E-state index in [-0.39, 0.29) is 0 Å². The van der Waals surface area contributed by atoms with Crippen LogP contribution in [0, 0.1) is 0 Å². The molecule has 0 aromatic heterocycles. The Hall–Kier alpha value is -1.26. The van der Waals surface area contributed by atoms with Gasteiger partial charge in [0, 0.05) is 25.3 Å². The van der Waals surface area contributed by atoms with Crippen molar-refractivity contribution in [3.63, 3.8) is 0 Å². The molecule has 0 spiro atoms. The maximum atomic E-state index is 5.67. The molecule has 1 aromatic carbocycles. The molecule has 2 N–H and O–H groups in total. The summed E-state index contributed by atoms with van der Waals surface area (Å²) in [5.74, 6) is 0.888. The number of nitrogens with zero attached hydrogens (tertiary/aromatic N) is 1. The molecular weight excluding hydrogens is 228 g/mol. The molecular formula is C14H22N2O2. The average molecular weight is 250 g/mol. The Balaban J connectivity index is 1.62. The van der Waals surface area contributed by atoms with Gasteiger partial charge in [-0.1, -0.05) is 0 Å². The number of nitrogens with two attached hydrogens (primary N) is 1. The zero-order chi connectivity index (χ0) is 12.8. The largest absolute Gasteiger partial charge is 0.494 e. The van der Waals surface area contributed by atoms with Gasteiger partial charge in [-0.15, -0.1) is 0 Å². The van der Waals surface area contributed by atoms with Crippen LogP contribution in [0.1, 0.15) is 13.3 Å². The van der Waals surface area contributed by atoms with Gasteiger partial charge in [-0.05, 0) is 37.6 Å². The van der Waals surface area contributed by atoms with E-state index in [1.54, 1.807) is 0 Å². The fourth-order valence-corrected chi connectivity index (χ4v) is 2.14. The summed E-state index contributed by atoms with van der Waals surface area (Å²) >= 11 is 0. The Morgan fingerprint density at radius 3 is 2.89 bits per heavy atom. The van der Waals surface area contributed by atoms with E-state index in [0.29, 0.717) is 6.10 Å². The molecule has 1 unspecified atom stereocenters. The maximum absolute atomic E-state index is 5.67. The highest BCUT2D eigenvalue weighted by molar-refractivity contribution is 5.41. The van der Waals surface area contributed by atoms with Gasteiger partial charge in [0.25, 0.3) is 0 Å². The lowest BCUT2D eigenvalue weighted by molar-refractivity contribution is -0.0193. The molecule has 1 fully saturated rings. The summed E-state index contributed by atoms with van der Waals surface area (Å²) in [7, 11) is 0. The second-order valence-corrected chi connectivity index (χ2v) is 4.75. The van der Waals surface area contributed by atoms with E-state index in [2.05, 4.69) is 11.8 Å². The predicted octanol–water partition coefficient (Wildman–Crippen LogP) is 1.76. The Morgan fingerprint density at radius 1 is 1.39 bits per heavy atom. The van der Waals surface area contributed by atoms with Crippen molar-refractivity contribution in [1.82, 2.24) is 4.90 Å². The van der Waals surface area contributed by atoms with Crippen LogP contribution in [0.2, 0.25) is 0 Å². The van der Waals surface area contributed by atoms with E-state index in [0.717, 1.165) is 50.7 Å². The van der Waals surface area contributed by atoms with Gasteiger partial charge >= 0.3 is 0 Å². The van der Waals surface area contributed by atoms with Gasteiger partial charge in [-0.25, -0.2) is 0 Å². The molecule has 0 aliphatic carbocycles. The molecule has 1 heterocycles. The fourth-order valence-electron chi connectivity index (χ4n) is 2.14. The van der Waals surface area contributed by atoms with E-state index in [9.17, 15) is 0 Å².